The molecule has 1 aliphatic heterocycles. The van der Waals surface area contributed by atoms with E-state index in [-0.39, 0.29) is 12.2 Å². The number of aromatic nitrogens is 3. The zero-order valence-electron chi connectivity index (χ0n) is 9.54. The van der Waals surface area contributed by atoms with Gasteiger partial charge in [0.05, 0.1) is 0 Å². The van der Waals surface area contributed by atoms with Gasteiger partial charge in [-0.15, -0.1) is 10.2 Å². The Balaban J connectivity index is 2.53. The summed E-state index contributed by atoms with van der Waals surface area (Å²) in [5.74, 6) is 0.0972. The highest BCUT2D eigenvalue weighted by Gasteiger charge is 2.06. The second-order valence-corrected chi connectivity index (χ2v) is 2.25. The van der Waals surface area contributed by atoms with Crippen LogP contribution in [0.5, 0.6) is 0 Å². The van der Waals surface area contributed by atoms with Crippen LogP contribution in [-0.4, -0.2) is 14.8 Å². The van der Waals surface area contributed by atoms with Crippen molar-refractivity contribution in [2.45, 2.75) is 32.1 Å². The van der Waals surface area contributed by atoms with E-state index in [0.717, 1.165) is 0 Å². The summed E-state index contributed by atoms with van der Waals surface area (Å²) in [5, 5.41) is 7.28. The van der Waals surface area contributed by atoms with Crippen molar-refractivity contribution in [2.75, 3.05) is 0 Å². The summed E-state index contributed by atoms with van der Waals surface area (Å²) in [6.07, 6.45) is -1.65. The summed E-state index contributed by atoms with van der Waals surface area (Å²) in [7, 11) is 0. The van der Waals surface area contributed by atoms with Gasteiger partial charge in [0.1, 0.15) is 12.2 Å². The predicted octanol–water partition coefficient (Wildman–Crippen LogP) is 1.00. The molecule has 3 nitrogen and oxygen atoms in total. The molecule has 2 rings (SSSR count). The lowest BCUT2D eigenvalue weighted by Crippen LogP contribution is -1.98. The van der Waals surface area contributed by atoms with E-state index in [9.17, 15) is 0 Å². The molecule has 1 aromatic rings. The summed E-state index contributed by atoms with van der Waals surface area (Å²) in [4.78, 5) is 0. The molecule has 0 N–H and O–H groups in total. The zero-order chi connectivity index (χ0) is 10.4. The van der Waals surface area contributed by atoms with Crippen LogP contribution < -0.4 is 0 Å². The van der Waals surface area contributed by atoms with Gasteiger partial charge in [0.15, 0.2) is 0 Å². The Labute approximate surface area is 65.7 Å². The number of fused-ring (bicyclic) bond motifs is 1. The van der Waals surface area contributed by atoms with E-state index in [2.05, 4.69) is 10.2 Å². The van der Waals surface area contributed by atoms with Crippen LogP contribution in [0.3, 0.4) is 0 Å². The summed E-state index contributed by atoms with van der Waals surface area (Å²) in [6, 6.07) is 0. The van der Waals surface area contributed by atoms with Gasteiger partial charge < -0.3 is 4.57 Å². The average Bonchev–Trinajstić information content (AvgIpc) is 2.48. The lowest BCUT2D eigenvalue weighted by atomic mass is 10.2. The third kappa shape index (κ3) is 0.916. The first-order valence-corrected chi connectivity index (χ1v) is 3.33. The Morgan fingerprint density at radius 2 is 2.60 bits per heavy atom. The van der Waals surface area contributed by atoms with Crippen LogP contribution in [-0.2, 0) is 12.9 Å². The van der Waals surface area contributed by atoms with Crippen molar-refractivity contribution in [2.24, 2.45) is 0 Å². The third-order valence-electron chi connectivity index (χ3n) is 1.52. The lowest BCUT2D eigenvalue weighted by molar-refractivity contribution is 0.632. The topological polar surface area (TPSA) is 30.7 Å². The summed E-state index contributed by atoms with van der Waals surface area (Å²) >= 11 is 0. The second-order valence-electron chi connectivity index (χ2n) is 2.25. The maximum absolute atomic E-state index is 7.74. The van der Waals surface area contributed by atoms with Crippen molar-refractivity contribution < 1.29 is 5.48 Å². The van der Waals surface area contributed by atoms with Gasteiger partial charge in [0.2, 0.25) is 0 Å². The molecule has 0 bridgehead atoms. The molecule has 0 atom stereocenters. The molecule has 1 aliphatic rings. The van der Waals surface area contributed by atoms with E-state index in [1.165, 1.54) is 6.33 Å². The van der Waals surface area contributed by atoms with Crippen LogP contribution in [0, 0.1) is 0 Å². The molecule has 2 heterocycles. The van der Waals surface area contributed by atoms with E-state index in [0.29, 0.717) is 13.0 Å². The van der Waals surface area contributed by atoms with Crippen molar-refractivity contribution in [1.29, 1.82) is 0 Å². The number of aryl methyl sites for hydroxylation is 2. The van der Waals surface area contributed by atoms with Crippen molar-refractivity contribution in [1.82, 2.24) is 14.8 Å². The van der Waals surface area contributed by atoms with Gasteiger partial charge in [-0.05, 0) is 12.8 Å². The fourth-order valence-corrected chi connectivity index (χ4v) is 0.995. The maximum Gasteiger partial charge on any atom is 0.132 e. The molecule has 0 amide bonds. The molecule has 54 valence electrons. The highest BCUT2D eigenvalue weighted by Crippen LogP contribution is 2.10. The highest BCUT2D eigenvalue weighted by atomic mass is 15.3. The van der Waals surface area contributed by atoms with Gasteiger partial charge in [-0.25, -0.2) is 0 Å². The Hall–Kier alpha value is -0.860. The molecule has 0 aliphatic carbocycles. The van der Waals surface area contributed by atoms with Gasteiger partial charge in [0, 0.05) is 18.4 Å². The van der Waals surface area contributed by atoms with Crippen molar-refractivity contribution in [3.8, 4) is 0 Å². The van der Waals surface area contributed by atoms with E-state index in [1.807, 2.05) is 0 Å². The molecule has 0 fully saturated rings. The summed E-state index contributed by atoms with van der Waals surface area (Å²) in [5.41, 5.74) is 0. The van der Waals surface area contributed by atoms with E-state index in [4.69, 9.17) is 5.48 Å². The van der Waals surface area contributed by atoms with Crippen LogP contribution in [0.4, 0.5) is 0 Å². The van der Waals surface area contributed by atoms with Gasteiger partial charge >= 0.3 is 0 Å². The minimum absolute atomic E-state index is 0.0972. The molecule has 0 saturated carbocycles. The number of hydrogen-bond acceptors (Lipinski definition) is 2. The Morgan fingerprint density at radius 3 is 3.60 bits per heavy atom. The number of nitrogens with zero attached hydrogens (tertiary/aromatic N) is 3. The minimum atomic E-state index is -2.06. The van der Waals surface area contributed by atoms with Crippen LogP contribution in [0.2, 0.25) is 0 Å². The molecular weight excluding hydrogens is 126 g/mol. The molecule has 0 radical (unpaired) electrons. The van der Waals surface area contributed by atoms with Gasteiger partial charge in [-0.2, -0.15) is 0 Å². The van der Waals surface area contributed by atoms with Gasteiger partial charge in [-0.3, -0.25) is 0 Å². The molecule has 0 spiro atoms. The van der Waals surface area contributed by atoms with Crippen molar-refractivity contribution in [3.05, 3.63) is 12.2 Å². The Morgan fingerprint density at radius 1 is 1.60 bits per heavy atom. The third-order valence-corrected chi connectivity index (χ3v) is 1.52. The van der Waals surface area contributed by atoms with Gasteiger partial charge in [0.25, 0.3) is 0 Å². The number of rotatable bonds is 0. The molecule has 10 heavy (non-hydrogen) atoms. The summed E-state index contributed by atoms with van der Waals surface area (Å²) < 4.78 is 32.4. The quantitative estimate of drug-likeness (QED) is 0.539. The molecule has 0 aromatic carbocycles. The largest absolute Gasteiger partial charge is 0.318 e. The number of hydrogen-bond donors (Lipinski definition) is 0. The Kier molecular flexibility index (Phi) is 0.728. The Bertz CT molecular complexity index is 346. The molecule has 0 saturated heterocycles. The standard InChI is InChI=1S/C7H11N3/c1-2-4-7-9-8-6-10(7)5-3-1/h6H,1-5H2/i2D2,4D2. The van der Waals surface area contributed by atoms with E-state index >= 15 is 0 Å². The van der Waals surface area contributed by atoms with E-state index in [1.54, 1.807) is 4.57 Å². The van der Waals surface area contributed by atoms with E-state index < -0.39 is 12.7 Å². The second kappa shape index (κ2) is 2.40. The summed E-state index contributed by atoms with van der Waals surface area (Å²) in [6.45, 7) is 0.585. The average molecular weight is 141 g/mol. The predicted molar refractivity (Wildman–Crippen MR) is 37.6 cm³/mol. The first-order valence-electron chi connectivity index (χ1n) is 5.33. The van der Waals surface area contributed by atoms with Crippen LogP contribution in [0.15, 0.2) is 6.33 Å². The minimum Gasteiger partial charge on any atom is -0.318 e. The van der Waals surface area contributed by atoms with Crippen molar-refractivity contribution in [3.63, 3.8) is 0 Å². The normalized spacial score (nSPS) is 34.0. The highest BCUT2D eigenvalue weighted by molar-refractivity contribution is 4.87. The van der Waals surface area contributed by atoms with Crippen LogP contribution in [0.1, 0.15) is 30.5 Å². The molecule has 1 aromatic heterocycles. The van der Waals surface area contributed by atoms with Crippen molar-refractivity contribution >= 4 is 0 Å². The lowest BCUT2D eigenvalue weighted by Gasteiger charge is -1.97. The van der Waals surface area contributed by atoms with Gasteiger partial charge in [-0.1, -0.05) is 6.42 Å². The first-order chi connectivity index (χ1) is 6.45. The molecule has 3 heteroatoms. The molecular formula is C7H11N3. The van der Waals surface area contributed by atoms with Crippen LogP contribution in [0.25, 0.3) is 0 Å². The smallest absolute Gasteiger partial charge is 0.132 e. The first kappa shape index (κ1) is 3.03. The van der Waals surface area contributed by atoms with Crippen LogP contribution >= 0.6 is 0 Å². The SMILES string of the molecule is [2H]C1([2H])CCCn2cnnc2C1([2H])[2H]. The zero-order valence-corrected chi connectivity index (χ0v) is 5.54. The monoisotopic (exact) mass is 141 g/mol. The fourth-order valence-electron chi connectivity index (χ4n) is 0.995. The maximum atomic E-state index is 7.74. The fraction of sp³-hybridized carbons (Fsp3) is 0.714. The molecule has 0 unspecified atom stereocenters.